The van der Waals surface area contributed by atoms with Crippen molar-refractivity contribution in [2.75, 3.05) is 0 Å². The molecule has 3 aromatic rings. The lowest BCUT2D eigenvalue weighted by Gasteiger charge is -2.17. The van der Waals surface area contributed by atoms with Crippen LogP contribution in [-0.2, 0) is 21.4 Å². The summed E-state index contributed by atoms with van der Waals surface area (Å²) in [5.41, 5.74) is 1.85. The van der Waals surface area contributed by atoms with Crippen LogP contribution in [0.4, 0.5) is 0 Å². The van der Waals surface area contributed by atoms with Gasteiger partial charge in [0.25, 0.3) is 0 Å². The van der Waals surface area contributed by atoms with E-state index >= 15 is 0 Å². The van der Waals surface area contributed by atoms with Gasteiger partial charge in [0, 0.05) is 6.08 Å². The molecule has 4 rings (SSSR count). The van der Waals surface area contributed by atoms with E-state index in [1.165, 1.54) is 24.5 Å². The number of benzene rings is 2. The first-order chi connectivity index (χ1) is 15.0. The SMILES string of the molecule is O=C(/C=C/c1ccc(S(=O)(=O)NCc2ccco2)cc1)NC(c1ccccc1)C1CC1. The minimum atomic E-state index is -3.65. The van der Waals surface area contributed by atoms with Crippen LogP contribution in [0.15, 0.2) is 88.4 Å². The highest BCUT2D eigenvalue weighted by atomic mass is 32.2. The Labute approximate surface area is 182 Å². The summed E-state index contributed by atoms with van der Waals surface area (Å²) in [6, 6.07) is 19.8. The monoisotopic (exact) mass is 436 g/mol. The molecule has 1 unspecified atom stereocenters. The van der Waals surface area contributed by atoms with Gasteiger partial charge in [0.05, 0.1) is 23.7 Å². The van der Waals surface area contributed by atoms with Gasteiger partial charge in [-0.05, 0) is 60.2 Å². The van der Waals surface area contributed by atoms with Gasteiger partial charge in [-0.3, -0.25) is 4.79 Å². The first-order valence-electron chi connectivity index (χ1n) is 10.2. The number of hydrogen-bond donors (Lipinski definition) is 2. The van der Waals surface area contributed by atoms with Gasteiger partial charge in [-0.1, -0.05) is 42.5 Å². The largest absolute Gasteiger partial charge is 0.468 e. The van der Waals surface area contributed by atoms with E-state index in [0.717, 1.165) is 24.0 Å². The maximum Gasteiger partial charge on any atom is 0.244 e. The molecule has 2 N–H and O–H groups in total. The molecule has 1 aliphatic rings. The van der Waals surface area contributed by atoms with E-state index in [2.05, 4.69) is 10.0 Å². The van der Waals surface area contributed by atoms with Crippen molar-refractivity contribution in [3.8, 4) is 0 Å². The number of carbonyl (C=O) groups is 1. The minimum absolute atomic E-state index is 0.0195. The van der Waals surface area contributed by atoms with Crippen molar-refractivity contribution in [2.45, 2.75) is 30.3 Å². The first kappa shape index (κ1) is 21.1. The molecule has 1 fully saturated rings. The van der Waals surface area contributed by atoms with E-state index < -0.39 is 10.0 Å². The molecule has 1 aromatic heterocycles. The number of nitrogens with one attached hydrogen (secondary N) is 2. The summed E-state index contributed by atoms with van der Waals surface area (Å²) < 4.78 is 32.4. The van der Waals surface area contributed by atoms with Gasteiger partial charge in [-0.15, -0.1) is 0 Å². The molecule has 1 amide bonds. The van der Waals surface area contributed by atoms with Crippen molar-refractivity contribution in [2.24, 2.45) is 5.92 Å². The lowest BCUT2D eigenvalue weighted by atomic mass is 10.0. The number of amides is 1. The van der Waals surface area contributed by atoms with Gasteiger partial charge in [-0.2, -0.15) is 0 Å². The second-order valence-corrected chi connectivity index (χ2v) is 9.31. The fraction of sp³-hybridized carbons (Fsp3) is 0.208. The maximum atomic E-state index is 12.4. The topological polar surface area (TPSA) is 88.4 Å². The number of rotatable bonds is 9. The minimum Gasteiger partial charge on any atom is -0.468 e. The molecule has 1 aliphatic carbocycles. The zero-order valence-electron chi connectivity index (χ0n) is 16.9. The highest BCUT2D eigenvalue weighted by molar-refractivity contribution is 7.89. The summed E-state index contributed by atoms with van der Waals surface area (Å²) in [6.45, 7) is 0.0841. The summed E-state index contributed by atoms with van der Waals surface area (Å²) in [4.78, 5) is 12.6. The lowest BCUT2D eigenvalue weighted by Crippen LogP contribution is -2.28. The molecule has 1 saturated carbocycles. The van der Waals surface area contributed by atoms with E-state index in [-0.39, 0.29) is 23.4 Å². The van der Waals surface area contributed by atoms with Crippen LogP contribution >= 0.6 is 0 Å². The molecular weight excluding hydrogens is 412 g/mol. The highest BCUT2D eigenvalue weighted by Gasteiger charge is 2.32. The van der Waals surface area contributed by atoms with Gasteiger partial charge >= 0.3 is 0 Å². The fourth-order valence-corrected chi connectivity index (χ4v) is 4.35. The van der Waals surface area contributed by atoms with Crippen LogP contribution in [0.1, 0.15) is 35.8 Å². The van der Waals surface area contributed by atoms with E-state index in [9.17, 15) is 13.2 Å². The molecule has 1 heterocycles. The predicted octanol–water partition coefficient (Wildman–Crippen LogP) is 4.04. The lowest BCUT2D eigenvalue weighted by molar-refractivity contribution is -0.117. The Kier molecular flexibility index (Phi) is 6.34. The van der Waals surface area contributed by atoms with Crippen LogP contribution < -0.4 is 10.0 Å². The summed E-state index contributed by atoms with van der Waals surface area (Å²) in [7, 11) is -3.65. The molecule has 0 bridgehead atoms. The van der Waals surface area contributed by atoms with Gasteiger partial charge in [-0.25, -0.2) is 13.1 Å². The van der Waals surface area contributed by atoms with Crippen molar-refractivity contribution < 1.29 is 17.6 Å². The molecule has 6 nitrogen and oxygen atoms in total. The Bertz CT molecular complexity index is 1130. The molecule has 31 heavy (non-hydrogen) atoms. The first-order valence-corrected chi connectivity index (χ1v) is 11.7. The van der Waals surface area contributed by atoms with Crippen LogP contribution in [0, 0.1) is 5.92 Å². The second-order valence-electron chi connectivity index (χ2n) is 7.54. The fourth-order valence-electron chi connectivity index (χ4n) is 3.36. The smallest absolute Gasteiger partial charge is 0.244 e. The van der Waals surface area contributed by atoms with Crippen molar-refractivity contribution in [1.29, 1.82) is 0 Å². The standard InChI is InChI=1S/C24H24N2O4S/c27-23(26-24(20-11-12-20)19-5-2-1-3-6-19)15-10-18-8-13-22(14-9-18)31(28,29)25-17-21-7-4-16-30-21/h1-10,13-16,20,24-25H,11-12,17H2,(H,26,27)/b15-10+. The molecule has 0 radical (unpaired) electrons. The van der Waals surface area contributed by atoms with Crippen molar-refractivity contribution in [1.82, 2.24) is 10.0 Å². The zero-order valence-corrected chi connectivity index (χ0v) is 17.7. The van der Waals surface area contributed by atoms with Crippen LogP contribution in [-0.4, -0.2) is 14.3 Å². The van der Waals surface area contributed by atoms with Crippen molar-refractivity contribution >= 4 is 22.0 Å². The van der Waals surface area contributed by atoms with Crippen LogP contribution in [0.3, 0.4) is 0 Å². The summed E-state index contributed by atoms with van der Waals surface area (Å²) in [5, 5.41) is 3.09. The average molecular weight is 437 g/mol. The number of carbonyl (C=O) groups excluding carboxylic acids is 1. The Hall–Kier alpha value is -3.16. The summed E-state index contributed by atoms with van der Waals surface area (Å²) in [6.07, 6.45) is 6.89. The molecule has 0 aliphatic heterocycles. The number of sulfonamides is 1. The Balaban J connectivity index is 1.36. The average Bonchev–Trinajstić information content (AvgIpc) is 3.49. The molecule has 1 atom stereocenters. The van der Waals surface area contributed by atoms with Gasteiger partial charge in [0.2, 0.25) is 15.9 Å². The second kappa shape index (κ2) is 9.32. The summed E-state index contributed by atoms with van der Waals surface area (Å²) in [5.74, 6) is 0.852. The molecule has 0 saturated heterocycles. The molecular formula is C24H24N2O4S. The third-order valence-electron chi connectivity index (χ3n) is 5.18. The molecule has 0 spiro atoms. The Morgan fingerprint density at radius 1 is 1.03 bits per heavy atom. The van der Waals surface area contributed by atoms with E-state index in [1.54, 1.807) is 30.3 Å². The highest BCUT2D eigenvalue weighted by Crippen LogP contribution is 2.40. The quantitative estimate of drug-likeness (QED) is 0.496. The predicted molar refractivity (Wildman–Crippen MR) is 118 cm³/mol. The van der Waals surface area contributed by atoms with Gasteiger partial charge in [0.1, 0.15) is 5.76 Å². The maximum absolute atomic E-state index is 12.4. The normalized spacial score (nSPS) is 15.1. The Morgan fingerprint density at radius 2 is 1.77 bits per heavy atom. The van der Waals surface area contributed by atoms with Gasteiger partial charge < -0.3 is 9.73 Å². The Morgan fingerprint density at radius 3 is 2.42 bits per heavy atom. The third-order valence-corrected chi connectivity index (χ3v) is 6.60. The number of hydrogen-bond acceptors (Lipinski definition) is 4. The third kappa shape index (κ3) is 5.71. The van der Waals surface area contributed by atoms with Crippen LogP contribution in [0.5, 0.6) is 0 Å². The van der Waals surface area contributed by atoms with Crippen LogP contribution in [0.2, 0.25) is 0 Å². The molecule has 2 aromatic carbocycles. The van der Waals surface area contributed by atoms with E-state index in [4.69, 9.17) is 4.42 Å². The molecule has 160 valence electrons. The van der Waals surface area contributed by atoms with Crippen LogP contribution in [0.25, 0.3) is 6.08 Å². The number of furan rings is 1. The van der Waals surface area contributed by atoms with Gasteiger partial charge in [0.15, 0.2) is 0 Å². The zero-order chi connectivity index (χ0) is 21.7. The summed E-state index contributed by atoms with van der Waals surface area (Å²) >= 11 is 0. The van der Waals surface area contributed by atoms with E-state index in [1.807, 2.05) is 30.3 Å². The van der Waals surface area contributed by atoms with E-state index in [0.29, 0.717) is 11.7 Å². The van der Waals surface area contributed by atoms with Crippen molar-refractivity contribution in [3.63, 3.8) is 0 Å². The van der Waals surface area contributed by atoms with Crippen molar-refractivity contribution in [3.05, 3.63) is 96.0 Å². The molecule has 7 heteroatoms.